The third-order valence-electron chi connectivity index (χ3n) is 3.38. The van der Waals surface area contributed by atoms with Crippen LogP contribution < -0.4 is 4.90 Å². The number of aliphatic hydroxyl groups is 1. The first-order valence-electron chi connectivity index (χ1n) is 6.14. The SMILES string of the molecule is OCCN1Cc2ccccc2-c2cc(Cl)cc(Cl)c21. The highest BCUT2D eigenvalue weighted by Crippen LogP contribution is 2.44. The van der Waals surface area contributed by atoms with Crippen molar-refractivity contribution in [1.82, 2.24) is 0 Å². The van der Waals surface area contributed by atoms with E-state index in [1.807, 2.05) is 18.2 Å². The highest BCUT2D eigenvalue weighted by Gasteiger charge is 2.24. The van der Waals surface area contributed by atoms with Gasteiger partial charge in [-0.05, 0) is 23.3 Å². The molecule has 3 rings (SSSR count). The van der Waals surface area contributed by atoms with E-state index in [1.54, 1.807) is 6.07 Å². The summed E-state index contributed by atoms with van der Waals surface area (Å²) in [4.78, 5) is 2.09. The van der Waals surface area contributed by atoms with Crippen molar-refractivity contribution in [1.29, 1.82) is 0 Å². The molecule has 0 saturated carbocycles. The summed E-state index contributed by atoms with van der Waals surface area (Å²) in [7, 11) is 0. The molecule has 0 radical (unpaired) electrons. The molecule has 1 N–H and O–H groups in total. The number of hydrogen-bond donors (Lipinski definition) is 1. The van der Waals surface area contributed by atoms with Gasteiger partial charge in [0.1, 0.15) is 0 Å². The summed E-state index contributed by atoms with van der Waals surface area (Å²) < 4.78 is 0. The lowest BCUT2D eigenvalue weighted by atomic mass is 9.93. The van der Waals surface area contributed by atoms with Gasteiger partial charge in [-0.2, -0.15) is 0 Å². The summed E-state index contributed by atoms with van der Waals surface area (Å²) in [6.07, 6.45) is 0. The minimum atomic E-state index is 0.0978. The number of rotatable bonds is 2. The zero-order valence-electron chi connectivity index (χ0n) is 10.2. The molecule has 0 fully saturated rings. The first-order chi connectivity index (χ1) is 9.20. The lowest BCUT2D eigenvalue weighted by Crippen LogP contribution is -2.29. The number of nitrogens with zero attached hydrogens (tertiary/aromatic N) is 1. The number of hydrogen-bond acceptors (Lipinski definition) is 2. The van der Waals surface area contributed by atoms with Gasteiger partial charge in [0, 0.05) is 23.7 Å². The number of β-amino-alcohol motifs (C(OH)–C–C–N with tert-alkyl or cyclic N) is 1. The summed E-state index contributed by atoms with van der Waals surface area (Å²) in [6, 6.07) is 11.9. The van der Waals surface area contributed by atoms with Crippen LogP contribution in [0.3, 0.4) is 0 Å². The Morgan fingerprint density at radius 1 is 1.11 bits per heavy atom. The minimum absolute atomic E-state index is 0.0978. The Hall–Kier alpha value is -1.22. The highest BCUT2D eigenvalue weighted by atomic mass is 35.5. The van der Waals surface area contributed by atoms with E-state index >= 15 is 0 Å². The molecule has 1 heterocycles. The summed E-state index contributed by atoms with van der Waals surface area (Å²) in [5, 5.41) is 10.5. The lowest BCUT2D eigenvalue weighted by Gasteiger charge is -2.33. The maximum atomic E-state index is 9.23. The molecule has 4 heteroatoms. The molecule has 98 valence electrons. The first-order valence-corrected chi connectivity index (χ1v) is 6.89. The van der Waals surface area contributed by atoms with Crippen LogP contribution in [-0.2, 0) is 6.54 Å². The Morgan fingerprint density at radius 2 is 1.89 bits per heavy atom. The van der Waals surface area contributed by atoms with Crippen LogP contribution in [-0.4, -0.2) is 18.3 Å². The van der Waals surface area contributed by atoms with Crippen LogP contribution >= 0.6 is 23.2 Å². The van der Waals surface area contributed by atoms with Crippen LogP contribution in [0.4, 0.5) is 5.69 Å². The average Bonchev–Trinajstić information content (AvgIpc) is 2.38. The number of benzene rings is 2. The van der Waals surface area contributed by atoms with E-state index < -0.39 is 0 Å². The van der Waals surface area contributed by atoms with Gasteiger partial charge in [-0.3, -0.25) is 0 Å². The molecular weight excluding hydrogens is 281 g/mol. The van der Waals surface area contributed by atoms with Crippen molar-refractivity contribution in [3.05, 3.63) is 52.0 Å². The molecule has 0 unspecified atom stereocenters. The van der Waals surface area contributed by atoms with Crippen LogP contribution in [0.2, 0.25) is 10.0 Å². The zero-order valence-corrected chi connectivity index (χ0v) is 11.7. The normalized spacial score (nSPS) is 13.1. The summed E-state index contributed by atoms with van der Waals surface area (Å²) in [5.41, 5.74) is 4.38. The fourth-order valence-electron chi connectivity index (χ4n) is 2.61. The van der Waals surface area contributed by atoms with E-state index in [0.29, 0.717) is 16.6 Å². The molecule has 2 nitrogen and oxygen atoms in total. The molecule has 1 aliphatic heterocycles. The number of fused-ring (bicyclic) bond motifs is 3. The van der Waals surface area contributed by atoms with Crippen molar-refractivity contribution in [3.63, 3.8) is 0 Å². The largest absolute Gasteiger partial charge is 0.395 e. The smallest absolute Gasteiger partial charge is 0.0660 e. The molecule has 0 spiro atoms. The van der Waals surface area contributed by atoms with Crippen molar-refractivity contribution in [2.24, 2.45) is 0 Å². The third kappa shape index (κ3) is 2.20. The van der Waals surface area contributed by atoms with E-state index in [4.69, 9.17) is 23.2 Å². The lowest BCUT2D eigenvalue weighted by molar-refractivity contribution is 0.301. The Morgan fingerprint density at radius 3 is 2.68 bits per heavy atom. The molecule has 0 atom stereocenters. The number of anilines is 1. The number of aliphatic hydroxyl groups excluding tert-OH is 1. The van der Waals surface area contributed by atoms with Gasteiger partial charge in [0.25, 0.3) is 0 Å². The van der Waals surface area contributed by atoms with Crippen molar-refractivity contribution in [2.75, 3.05) is 18.1 Å². The molecule has 0 saturated heterocycles. The van der Waals surface area contributed by atoms with Crippen LogP contribution in [0, 0.1) is 0 Å². The van der Waals surface area contributed by atoms with Crippen molar-refractivity contribution < 1.29 is 5.11 Å². The topological polar surface area (TPSA) is 23.5 Å². The van der Waals surface area contributed by atoms with Crippen LogP contribution in [0.5, 0.6) is 0 Å². The standard InChI is InChI=1S/C15H13Cl2NO/c16-11-7-13-12-4-2-1-3-10(12)9-18(5-6-19)15(13)14(17)8-11/h1-4,7-8,19H,5-6,9H2. The maximum absolute atomic E-state index is 9.23. The van der Waals surface area contributed by atoms with E-state index in [-0.39, 0.29) is 6.61 Å². The monoisotopic (exact) mass is 293 g/mol. The van der Waals surface area contributed by atoms with Gasteiger partial charge in [0.2, 0.25) is 0 Å². The molecular formula is C15H13Cl2NO. The Labute approximate surface area is 122 Å². The predicted octanol–water partition coefficient (Wildman–Crippen LogP) is 3.97. The van der Waals surface area contributed by atoms with Gasteiger partial charge < -0.3 is 10.0 Å². The van der Waals surface area contributed by atoms with Crippen molar-refractivity contribution in [3.8, 4) is 11.1 Å². The van der Waals surface area contributed by atoms with Crippen LogP contribution in [0.25, 0.3) is 11.1 Å². The van der Waals surface area contributed by atoms with Crippen LogP contribution in [0.1, 0.15) is 5.56 Å². The van der Waals surface area contributed by atoms with Gasteiger partial charge in [-0.1, -0.05) is 47.5 Å². The molecule has 1 aliphatic rings. The van der Waals surface area contributed by atoms with Crippen molar-refractivity contribution in [2.45, 2.75) is 6.54 Å². The second kappa shape index (κ2) is 5.04. The van der Waals surface area contributed by atoms with Gasteiger partial charge in [-0.15, -0.1) is 0 Å². The van der Waals surface area contributed by atoms with Gasteiger partial charge in [0.05, 0.1) is 17.3 Å². The third-order valence-corrected chi connectivity index (χ3v) is 3.89. The Balaban J connectivity index is 2.24. The molecule has 0 aromatic heterocycles. The van der Waals surface area contributed by atoms with E-state index in [1.165, 1.54) is 5.56 Å². The summed E-state index contributed by atoms with van der Waals surface area (Å²) in [5.74, 6) is 0. The summed E-state index contributed by atoms with van der Waals surface area (Å²) in [6.45, 7) is 1.41. The first kappa shape index (κ1) is 12.8. The van der Waals surface area contributed by atoms with Gasteiger partial charge in [0.15, 0.2) is 0 Å². The van der Waals surface area contributed by atoms with Gasteiger partial charge in [-0.25, -0.2) is 0 Å². The van der Waals surface area contributed by atoms with Crippen LogP contribution in [0.15, 0.2) is 36.4 Å². The quantitative estimate of drug-likeness (QED) is 0.906. The van der Waals surface area contributed by atoms with Crippen molar-refractivity contribution >= 4 is 28.9 Å². The van der Waals surface area contributed by atoms with E-state index in [0.717, 1.165) is 23.4 Å². The van der Waals surface area contributed by atoms with E-state index in [9.17, 15) is 5.11 Å². The van der Waals surface area contributed by atoms with E-state index in [2.05, 4.69) is 17.0 Å². The Kier molecular flexibility index (Phi) is 3.40. The molecule has 19 heavy (non-hydrogen) atoms. The summed E-state index contributed by atoms with van der Waals surface area (Å²) >= 11 is 12.5. The fourth-order valence-corrected chi connectivity index (χ4v) is 3.22. The average molecular weight is 294 g/mol. The molecule has 0 bridgehead atoms. The second-order valence-electron chi connectivity index (χ2n) is 4.59. The molecule has 0 aliphatic carbocycles. The molecule has 2 aromatic carbocycles. The second-order valence-corrected chi connectivity index (χ2v) is 5.43. The Bertz CT molecular complexity index is 628. The fraction of sp³-hybridized carbons (Fsp3) is 0.200. The maximum Gasteiger partial charge on any atom is 0.0660 e. The minimum Gasteiger partial charge on any atom is -0.395 e. The van der Waals surface area contributed by atoms with Gasteiger partial charge >= 0.3 is 0 Å². The number of halogens is 2. The molecule has 2 aromatic rings. The highest BCUT2D eigenvalue weighted by molar-refractivity contribution is 6.37. The zero-order chi connectivity index (χ0) is 13.4. The molecule has 0 amide bonds. The predicted molar refractivity (Wildman–Crippen MR) is 80.0 cm³/mol.